The van der Waals surface area contributed by atoms with Crippen LogP contribution in [0.1, 0.15) is 41.8 Å². The Balaban J connectivity index is 1.36. The lowest BCUT2D eigenvalue weighted by Crippen LogP contribution is -2.43. The van der Waals surface area contributed by atoms with E-state index in [0.717, 1.165) is 27.2 Å². The zero-order valence-electron chi connectivity index (χ0n) is 24.7. The molecule has 2 fully saturated rings. The number of nitrogens with one attached hydrogen (secondary N) is 1. The van der Waals surface area contributed by atoms with E-state index in [2.05, 4.69) is 5.32 Å². The molecule has 17 heteroatoms. The predicted molar refractivity (Wildman–Crippen MR) is 166 cm³/mol. The van der Waals surface area contributed by atoms with Crippen LogP contribution in [-0.4, -0.2) is 92.1 Å². The van der Waals surface area contributed by atoms with E-state index in [1.54, 1.807) is 0 Å². The molecule has 2 aliphatic rings. The Kier molecular flexibility index (Phi) is 12.0. The monoisotopic (exact) mass is 680 g/mol. The molecule has 3 heterocycles. The first kappa shape index (κ1) is 34.7. The Morgan fingerprint density at radius 3 is 2.59 bits per heavy atom. The first-order valence-corrected chi connectivity index (χ1v) is 15.7. The SMILES string of the molecule is NC(=O)CC[C@H](N)C(=O)NCCCCC(=O)N(C[C@H]1CN(c2ccc(N3CCOCC3=O)cc2F)C(=O)O1)C(=O)c1ccc(Cl)s1. The summed E-state index contributed by atoms with van der Waals surface area (Å²) >= 11 is 6.99. The third kappa shape index (κ3) is 8.99. The second-order valence-electron chi connectivity index (χ2n) is 10.6. The Morgan fingerprint density at radius 1 is 1.13 bits per heavy atom. The van der Waals surface area contributed by atoms with Gasteiger partial charge in [0, 0.05) is 31.6 Å². The molecule has 1 aromatic heterocycles. The summed E-state index contributed by atoms with van der Waals surface area (Å²) < 4.78 is 26.1. The fourth-order valence-corrected chi connectivity index (χ4v) is 5.85. The number of thiophene rings is 1. The third-order valence-corrected chi connectivity index (χ3v) is 8.48. The summed E-state index contributed by atoms with van der Waals surface area (Å²) in [6.45, 7) is 0.245. The first-order chi connectivity index (χ1) is 21.9. The molecule has 14 nitrogen and oxygen atoms in total. The highest BCUT2D eigenvalue weighted by Crippen LogP contribution is 2.30. The average molecular weight is 681 g/mol. The van der Waals surface area contributed by atoms with Crippen molar-refractivity contribution in [3.63, 3.8) is 0 Å². The number of hydrogen-bond donors (Lipinski definition) is 3. The second-order valence-corrected chi connectivity index (χ2v) is 12.3. The van der Waals surface area contributed by atoms with Gasteiger partial charge in [-0.2, -0.15) is 0 Å². The van der Waals surface area contributed by atoms with Gasteiger partial charge in [-0.1, -0.05) is 11.6 Å². The minimum absolute atomic E-state index is 0.0191. The van der Waals surface area contributed by atoms with Crippen LogP contribution in [0.25, 0.3) is 0 Å². The molecule has 46 heavy (non-hydrogen) atoms. The van der Waals surface area contributed by atoms with Crippen molar-refractivity contribution in [1.82, 2.24) is 10.2 Å². The number of nitrogens with zero attached hydrogens (tertiary/aromatic N) is 3. The van der Waals surface area contributed by atoms with Gasteiger partial charge in [-0.05, 0) is 49.6 Å². The maximum atomic E-state index is 15.2. The van der Waals surface area contributed by atoms with E-state index in [0.29, 0.717) is 29.5 Å². The number of benzene rings is 1. The Bertz CT molecular complexity index is 1490. The summed E-state index contributed by atoms with van der Waals surface area (Å²) in [7, 11) is 0. The van der Waals surface area contributed by atoms with Gasteiger partial charge >= 0.3 is 6.09 Å². The molecule has 0 spiro atoms. The van der Waals surface area contributed by atoms with Gasteiger partial charge in [0.2, 0.25) is 17.7 Å². The van der Waals surface area contributed by atoms with Gasteiger partial charge in [-0.25, -0.2) is 9.18 Å². The standard InChI is InChI=1S/C29H34ClFN6O8S/c30-23-8-7-22(46-23)28(42)37(25(39)3-1-2-10-34-27(41)20(32)5-9-24(33)38)15-18-14-36(29(43)45-18)21-6-4-17(13-19(21)31)35-11-12-44-16-26(35)40/h4,6-8,13,18,20H,1-3,5,9-12,14-16,32H2,(H2,33,38)(H,34,41)/t18-,20+/m1/s1. The fourth-order valence-electron chi connectivity index (χ4n) is 4.86. The second kappa shape index (κ2) is 15.9. The van der Waals surface area contributed by atoms with Crippen molar-refractivity contribution < 1.29 is 42.6 Å². The summed E-state index contributed by atoms with van der Waals surface area (Å²) in [5, 5.41) is 2.63. The van der Waals surface area contributed by atoms with Gasteiger partial charge in [-0.3, -0.25) is 33.8 Å². The number of unbranched alkanes of at least 4 members (excludes halogenated alkanes) is 1. The van der Waals surface area contributed by atoms with Crippen molar-refractivity contribution in [2.24, 2.45) is 11.5 Å². The number of rotatable bonds is 14. The van der Waals surface area contributed by atoms with Crippen LogP contribution in [0.4, 0.5) is 20.6 Å². The van der Waals surface area contributed by atoms with Gasteiger partial charge in [0.25, 0.3) is 11.8 Å². The number of cyclic esters (lactones) is 1. The number of ether oxygens (including phenoxy) is 2. The molecule has 0 unspecified atom stereocenters. The number of nitrogens with two attached hydrogens (primary N) is 2. The summed E-state index contributed by atoms with van der Waals surface area (Å²) in [6, 6.07) is 6.13. The van der Waals surface area contributed by atoms with Gasteiger partial charge in [0.1, 0.15) is 18.5 Å². The molecular formula is C29H34ClFN6O8S. The lowest BCUT2D eigenvalue weighted by molar-refractivity contribution is -0.129. The molecule has 1 aromatic carbocycles. The molecule has 0 aliphatic carbocycles. The molecule has 0 saturated carbocycles. The van der Waals surface area contributed by atoms with Crippen LogP contribution >= 0.6 is 22.9 Å². The fraction of sp³-hybridized carbons (Fsp3) is 0.448. The maximum Gasteiger partial charge on any atom is 0.414 e. The van der Waals surface area contributed by atoms with Crippen LogP contribution in [0.5, 0.6) is 0 Å². The Labute approximate surface area is 272 Å². The molecular weight excluding hydrogens is 647 g/mol. The number of halogens is 2. The quantitative estimate of drug-likeness (QED) is 0.249. The third-order valence-electron chi connectivity index (χ3n) is 7.27. The number of morpholine rings is 1. The van der Waals surface area contributed by atoms with E-state index < -0.39 is 47.7 Å². The topological polar surface area (TPSA) is 195 Å². The van der Waals surface area contributed by atoms with E-state index in [4.69, 9.17) is 32.5 Å². The van der Waals surface area contributed by atoms with E-state index in [-0.39, 0.29) is 68.5 Å². The number of imide groups is 1. The number of carbonyl (C=O) groups is 6. The van der Waals surface area contributed by atoms with Gasteiger partial charge in [0.05, 0.1) is 40.6 Å². The van der Waals surface area contributed by atoms with Crippen LogP contribution in [0.2, 0.25) is 4.34 Å². The van der Waals surface area contributed by atoms with Crippen molar-refractivity contribution >= 4 is 69.9 Å². The maximum absolute atomic E-state index is 15.2. The van der Waals surface area contributed by atoms with Crippen LogP contribution < -0.4 is 26.6 Å². The largest absolute Gasteiger partial charge is 0.442 e. The summed E-state index contributed by atoms with van der Waals surface area (Å²) in [5.74, 6) is -3.25. The van der Waals surface area contributed by atoms with Crippen LogP contribution in [0.15, 0.2) is 30.3 Å². The minimum atomic E-state index is -0.961. The number of anilines is 2. The summed E-state index contributed by atoms with van der Waals surface area (Å²) in [6.07, 6.45) is -1.08. The van der Waals surface area contributed by atoms with E-state index in [9.17, 15) is 28.8 Å². The Hall–Kier alpha value is -4.12. The normalized spacial score (nSPS) is 17.1. The minimum Gasteiger partial charge on any atom is -0.442 e. The van der Waals surface area contributed by atoms with Gasteiger partial charge in [0.15, 0.2) is 0 Å². The molecule has 2 atom stereocenters. The number of amides is 6. The molecule has 2 aliphatic heterocycles. The highest BCUT2D eigenvalue weighted by Gasteiger charge is 2.38. The Morgan fingerprint density at radius 2 is 1.91 bits per heavy atom. The van der Waals surface area contributed by atoms with Crippen molar-refractivity contribution in [2.45, 2.75) is 44.2 Å². The lowest BCUT2D eigenvalue weighted by Gasteiger charge is -2.27. The zero-order valence-corrected chi connectivity index (χ0v) is 26.3. The summed E-state index contributed by atoms with van der Waals surface area (Å²) in [5.41, 5.74) is 11.1. The van der Waals surface area contributed by atoms with E-state index in [1.807, 2.05) is 0 Å². The molecule has 2 saturated heterocycles. The van der Waals surface area contributed by atoms with Gasteiger partial charge in [-0.15, -0.1) is 11.3 Å². The molecule has 6 amide bonds. The highest BCUT2D eigenvalue weighted by molar-refractivity contribution is 7.18. The number of hydrogen-bond acceptors (Lipinski definition) is 10. The lowest BCUT2D eigenvalue weighted by atomic mass is 10.1. The molecule has 0 bridgehead atoms. The van der Waals surface area contributed by atoms with Crippen LogP contribution in [0, 0.1) is 5.82 Å². The molecule has 248 valence electrons. The molecule has 5 N–H and O–H groups in total. The average Bonchev–Trinajstić information content (AvgIpc) is 3.62. The molecule has 0 radical (unpaired) electrons. The van der Waals surface area contributed by atoms with Crippen molar-refractivity contribution in [1.29, 1.82) is 0 Å². The number of primary amides is 1. The van der Waals surface area contributed by atoms with Crippen molar-refractivity contribution in [2.75, 3.05) is 49.2 Å². The van der Waals surface area contributed by atoms with Crippen LogP contribution in [-0.2, 0) is 28.7 Å². The van der Waals surface area contributed by atoms with E-state index in [1.165, 1.54) is 29.2 Å². The summed E-state index contributed by atoms with van der Waals surface area (Å²) in [4.78, 5) is 78.2. The smallest absolute Gasteiger partial charge is 0.414 e. The zero-order chi connectivity index (χ0) is 33.4. The van der Waals surface area contributed by atoms with Gasteiger partial charge < -0.3 is 31.2 Å². The first-order valence-electron chi connectivity index (χ1n) is 14.5. The molecule has 4 rings (SSSR count). The van der Waals surface area contributed by atoms with Crippen LogP contribution in [0.3, 0.4) is 0 Å². The predicted octanol–water partition coefficient (Wildman–Crippen LogP) is 1.78. The van der Waals surface area contributed by atoms with Crippen molar-refractivity contribution in [3.8, 4) is 0 Å². The van der Waals surface area contributed by atoms with E-state index >= 15 is 4.39 Å². The van der Waals surface area contributed by atoms with Crippen molar-refractivity contribution in [3.05, 3.63) is 45.4 Å². The molecule has 2 aromatic rings. The number of carbonyl (C=O) groups excluding carboxylic acids is 6. The highest BCUT2D eigenvalue weighted by atomic mass is 35.5.